The third-order valence-electron chi connectivity index (χ3n) is 4.60. The Hall–Kier alpha value is -3.35. The van der Waals surface area contributed by atoms with Crippen molar-refractivity contribution < 1.29 is 18.0 Å². The highest BCUT2D eigenvalue weighted by Gasteiger charge is 2.32. The smallest absolute Gasteiger partial charge is 0.358 e. The molecule has 1 aliphatic rings. The summed E-state index contributed by atoms with van der Waals surface area (Å²) in [5, 5.41) is 2.80. The van der Waals surface area contributed by atoms with Crippen molar-refractivity contribution in [3.05, 3.63) is 76.7 Å². The molecule has 28 heavy (non-hydrogen) atoms. The summed E-state index contributed by atoms with van der Waals surface area (Å²) in [6, 6.07) is 10.7. The number of fused-ring (bicyclic) bond motifs is 1. The normalized spacial score (nSPS) is 14.2. The standard InChI is InChI=1S/C21H16F3N3O/c22-21(23,24)17-4-2-1-3-13(17)5-6-15-11-14(7-9-25-15)19-12-16-18(27-19)8-10-26-20(16)28/h1-7,9,11-12,27H,8,10H2,(H,26,28)/b6-5+. The van der Waals surface area contributed by atoms with Crippen molar-refractivity contribution in [2.75, 3.05) is 6.54 Å². The van der Waals surface area contributed by atoms with E-state index in [1.54, 1.807) is 36.5 Å². The van der Waals surface area contributed by atoms with E-state index in [9.17, 15) is 18.0 Å². The van der Waals surface area contributed by atoms with Crippen LogP contribution in [0.3, 0.4) is 0 Å². The second-order valence-corrected chi connectivity index (χ2v) is 6.47. The number of nitrogens with zero attached hydrogens (tertiary/aromatic N) is 1. The topological polar surface area (TPSA) is 57.8 Å². The number of hydrogen-bond donors (Lipinski definition) is 2. The number of amides is 1. The lowest BCUT2D eigenvalue weighted by Gasteiger charge is -2.10. The van der Waals surface area contributed by atoms with Crippen LogP contribution in [0.4, 0.5) is 13.2 Å². The van der Waals surface area contributed by atoms with Crippen molar-refractivity contribution in [1.29, 1.82) is 0 Å². The molecule has 0 fully saturated rings. The predicted molar refractivity (Wildman–Crippen MR) is 100 cm³/mol. The average molecular weight is 383 g/mol. The monoisotopic (exact) mass is 383 g/mol. The summed E-state index contributed by atoms with van der Waals surface area (Å²) >= 11 is 0. The van der Waals surface area contributed by atoms with E-state index in [4.69, 9.17) is 0 Å². The van der Waals surface area contributed by atoms with Crippen LogP contribution in [0.1, 0.15) is 32.9 Å². The van der Waals surface area contributed by atoms with Crippen LogP contribution in [0.2, 0.25) is 0 Å². The van der Waals surface area contributed by atoms with Gasteiger partial charge in [-0.3, -0.25) is 9.78 Å². The zero-order valence-corrected chi connectivity index (χ0v) is 14.7. The number of nitrogens with one attached hydrogen (secondary N) is 2. The first-order valence-electron chi connectivity index (χ1n) is 8.72. The molecule has 0 saturated heterocycles. The van der Waals surface area contributed by atoms with Gasteiger partial charge in [0.1, 0.15) is 0 Å². The molecule has 1 aromatic carbocycles. The summed E-state index contributed by atoms with van der Waals surface area (Å²) in [7, 11) is 0. The van der Waals surface area contributed by atoms with Gasteiger partial charge in [0, 0.05) is 36.1 Å². The minimum absolute atomic E-state index is 0.0780. The fraction of sp³-hybridized carbons (Fsp3) is 0.143. The number of rotatable bonds is 3. The molecule has 142 valence electrons. The van der Waals surface area contributed by atoms with E-state index in [0.29, 0.717) is 17.8 Å². The molecule has 0 radical (unpaired) electrons. The number of alkyl halides is 3. The maximum atomic E-state index is 13.1. The van der Waals surface area contributed by atoms with Crippen molar-refractivity contribution >= 4 is 18.1 Å². The summed E-state index contributed by atoms with van der Waals surface area (Å²) < 4.78 is 39.4. The number of hydrogen-bond acceptors (Lipinski definition) is 2. The molecule has 4 rings (SSSR count). The Morgan fingerprint density at radius 2 is 1.89 bits per heavy atom. The van der Waals surface area contributed by atoms with Gasteiger partial charge in [0.05, 0.1) is 16.8 Å². The highest BCUT2D eigenvalue weighted by Crippen LogP contribution is 2.32. The fourth-order valence-electron chi connectivity index (χ4n) is 3.23. The maximum absolute atomic E-state index is 13.1. The van der Waals surface area contributed by atoms with Crippen LogP contribution in [0.5, 0.6) is 0 Å². The molecular formula is C21H16F3N3O. The fourth-order valence-corrected chi connectivity index (χ4v) is 3.23. The van der Waals surface area contributed by atoms with Gasteiger partial charge in [0.25, 0.3) is 5.91 Å². The maximum Gasteiger partial charge on any atom is 0.416 e. The summed E-state index contributed by atoms with van der Waals surface area (Å²) in [4.78, 5) is 19.4. The van der Waals surface area contributed by atoms with Gasteiger partial charge in [0.2, 0.25) is 0 Å². The first-order chi connectivity index (χ1) is 13.4. The summed E-state index contributed by atoms with van der Waals surface area (Å²) in [6.07, 6.45) is 0.851. The second kappa shape index (κ2) is 6.99. The van der Waals surface area contributed by atoms with Crippen LogP contribution >= 0.6 is 0 Å². The SMILES string of the molecule is O=C1NCCc2[nH]c(-c3ccnc(/C=C/c4ccccc4C(F)(F)F)c3)cc21. The van der Waals surface area contributed by atoms with Crippen molar-refractivity contribution in [3.63, 3.8) is 0 Å². The molecule has 1 aliphatic heterocycles. The predicted octanol–water partition coefficient (Wildman–Crippen LogP) is 4.55. The number of carbonyl (C=O) groups excluding carboxylic acids is 1. The van der Waals surface area contributed by atoms with Crippen LogP contribution in [-0.4, -0.2) is 22.4 Å². The molecule has 2 N–H and O–H groups in total. The molecule has 3 heterocycles. The molecule has 4 nitrogen and oxygen atoms in total. The third kappa shape index (κ3) is 3.55. The molecule has 0 atom stereocenters. The van der Waals surface area contributed by atoms with Gasteiger partial charge in [-0.15, -0.1) is 0 Å². The van der Waals surface area contributed by atoms with Crippen LogP contribution in [0, 0.1) is 0 Å². The van der Waals surface area contributed by atoms with E-state index >= 15 is 0 Å². The van der Waals surface area contributed by atoms with E-state index in [1.165, 1.54) is 18.2 Å². The molecule has 0 aliphatic carbocycles. The van der Waals surface area contributed by atoms with Crippen molar-refractivity contribution in [2.45, 2.75) is 12.6 Å². The lowest BCUT2D eigenvalue weighted by Crippen LogP contribution is -2.31. The Balaban J connectivity index is 1.64. The molecule has 0 bridgehead atoms. The molecule has 0 saturated carbocycles. The molecular weight excluding hydrogens is 367 g/mol. The minimum Gasteiger partial charge on any atom is -0.358 e. The van der Waals surface area contributed by atoms with Gasteiger partial charge >= 0.3 is 6.18 Å². The van der Waals surface area contributed by atoms with E-state index in [-0.39, 0.29) is 11.5 Å². The summed E-state index contributed by atoms with van der Waals surface area (Å²) in [5.74, 6) is -0.110. The van der Waals surface area contributed by atoms with Crippen molar-refractivity contribution in [2.24, 2.45) is 0 Å². The second-order valence-electron chi connectivity index (χ2n) is 6.47. The minimum atomic E-state index is -4.42. The van der Waals surface area contributed by atoms with Crippen LogP contribution in [0.25, 0.3) is 23.4 Å². The highest BCUT2D eigenvalue weighted by atomic mass is 19.4. The lowest BCUT2D eigenvalue weighted by molar-refractivity contribution is -0.137. The first-order valence-corrected chi connectivity index (χ1v) is 8.72. The largest absolute Gasteiger partial charge is 0.416 e. The lowest BCUT2D eigenvalue weighted by atomic mass is 10.1. The Morgan fingerprint density at radius 3 is 2.68 bits per heavy atom. The Bertz CT molecular complexity index is 1070. The number of halogens is 3. The number of aromatic nitrogens is 2. The number of pyridine rings is 1. The van der Waals surface area contributed by atoms with E-state index < -0.39 is 11.7 Å². The van der Waals surface area contributed by atoms with E-state index in [0.717, 1.165) is 29.4 Å². The molecule has 0 spiro atoms. The van der Waals surface area contributed by atoms with Gasteiger partial charge in [-0.2, -0.15) is 13.2 Å². The average Bonchev–Trinajstić information content (AvgIpc) is 3.12. The quantitative estimate of drug-likeness (QED) is 0.697. The Kier molecular flexibility index (Phi) is 4.50. The molecule has 1 amide bonds. The van der Waals surface area contributed by atoms with Gasteiger partial charge in [-0.1, -0.05) is 24.3 Å². The van der Waals surface area contributed by atoms with Crippen molar-refractivity contribution in [1.82, 2.24) is 15.3 Å². The zero-order chi connectivity index (χ0) is 19.7. The van der Waals surface area contributed by atoms with Gasteiger partial charge in [0.15, 0.2) is 0 Å². The van der Waals surface area contributed by atoms with Crippen LogP contribution in [0.15, 0.2) is 48.7 Å². The van der Waals surface area contributed by atoms with Gasteiger partial charge in [-0.05, 0) is 35.9 Å². The zero-order valence-electron chi connectivity index (χ0n) is 14.7. The van der Waals surface area contributed by atoms with E-state index in [2.05, 4.69) is 15.3 Å². The first kappa shape index (κ1) is 18.0. The summed E-state index contributed by atoms with van der Waals surface area (Å²) in [5.41, 5.74) is 2.99. The Morgan fingerprint density at radius 1 is 1.07 bits per heavy atom. The number of benzene rings is 1. The molecule has 2 aromatic heterocycles. The highest BCUT2D eigenvalue weighted by molar-refractivity contribution is 5.97. The molecule has 0 unspecified atom stereocenters. The van der Waals surface area contributed by atoms with Crippen LogP contribution in [-0.2, 0) is 12.6 Å². The molecule has 7 heteroatoms. The van der Waals surface area contributed by atoms with Gasteiger partial charge in [-0.25, -0.2) is 0 Å². The number of aromatic amines is 1. The number of H-pyrrole nitrogens is 1. The van der Waals surface area contributed by atoms with Crippen LogP contribution < -0.4 is 5.32 Å². The number of carbonyl (C=O) groups is 1. The van der Waals surface area contributed by atoms with E-state index in [1.807, 2.05) is 0 Å². The molecule has 3 aromatic rings. The van der Waals surface area contributed by atoms with Crippen molar-refractivity contribution in [3.8, 4) is 11.3 Å². The Labute approximate surface area is 159 Å². The van der Waals surface area contributed by atoms with Gasteiger partial charge < -0.3 is 10.3 Å². The third-order valence-corrected chi connectivity index (χ3v) is 4.60. The summed E-state index contributed by atoms with van der Waals surface area (Å²) in [6.45, 7) is 0.592.